The highest BCUT2D eigenvalue weighted by atomic mass is 16.4. The van der Waals surface area contributed by atoms with Gasteiger partial charge in [0.15, 0.2) is 0 Å². The third-order valence-corrected chi connectivity index (χ3v) is 2.27. The minimum atomic E-state index is -1.20. The minimum Gasteiger partial charge on any atom is -0.480 e. The van der Waals surface area contributed by atoms with Crippen LogP contribution >= 0.6 is 0 Å². The highest BCUT2D eigenvalue weighted by Crippen LogP contribution is 2.12. The molecule has 3 N–H and O–H groups in total. The Morgan fingerprint density at radius 1 is 1.32 bits per heavy atom. The van der Waals surface area contributed by atoms with Crippen molar-refractivity contribution in [3.63, 3.8) is 0 Å². The van der Waals surface area contributed by atoms with Gasteiger partial charge in [0.1, 0.15) is 24.7 Å². The number of carbonyl (C=O) groups is 2. The van der Waals surface area contributed by atoms with Crippen LogP contribution in [0.4, 0.5) is 5.82 Å². The quantitative estimate of drug-likeness (QED) is 0.657. The third-order valence-electron chi connectivity index (χ3n) is 2.27. The third kappa shape index (κ3) is 4.41. The summed E-state index contributed by atoms with van der Waals surface area (Å²) in [6, 6.07) is 1.08. The molecule has 0 bridgehead atoms. The van der Waals surface area contributed by atoms with Crippen LogP contribution in [0.1, 0.15) is 25.6 Å². The minimum absolute atomic E-state index is 0.0391. The van der Waals surface area contributed by atoms with Gasteiger partial charge >= 0.3 is 11.9 Å². The van der Waals surface area contributed by atoms with Crippen molar-refractivity contribution in [2.45, 2.75) is 19.8 Å². The molecule has 0 aliphatic heterocycles. The smallest absolute Gasteiger partial charge is 0.323 e. The number of nitrogens with one attached hydrogen (secondary N) is 1. The van der Waals surface area contributed by atoms with Gasteiger partial charge in [0.2, 0.25) is 0 Å². The van der Waals surface area contributed by atoms with Crippen LogP contribution in [-0.2, 0) is 9.59 Å². The molecule has 0 amide bonds. The van der Waals surface area contributed by atoms with E-state index in [1.54, 1.807) is 13.8 Å². The Hall–Kier alpha value is -2.38. The normalized spacial score (nSPS) is 10.5. The van der Waals surface area contributed by atoms with Crippen molar-refractivity contribution in [2.75, 3.05) is 18.0 Å². The molecule has 0 aromatic carbocycles. The Morgan fingerprint density at radius 3 is 2.26 bits per heavy atom. The van der Waals surface area contributed by atoms with Crippen LogP contribution in [0.3, 0.4) is 0 Å². The Labute approximate surface area is 108 Å². The second-order valence-electron chi connectivity index (χ2n) is 4.29. The molecule has 1 heterocycles. The fraction of sp³-hybridized carbons (Fsp3) is 0.455. The van der Waals surface area contributed by atoms with Gasteiger partial charge in [-0.25, -0.2) is 4.98 Å². The number of hydrogen-bond donors (Lipinski definition) is 3. The van der Waals surface area contributed by atoms with Crippen molar-refractivity contribution in [2.24, 2.45) is 0 Å². The molecule has 0 radical (unpaired) electrons. The molecule has 104 valence electrons. The van der Waals surface area contributed by atoms with Crippen molar-refractivity contribution in [1.29, 1.82) is 0 Å². The van der Waals surface area contributed by atoms with Gasteiger partial charge in [0.05, 0.1) is 0 Å². The molecule has 0 spiro atoms. The van der Waals surface area contributed by atoms with Crippen LogP contribution in [0.25, 0.3) is 0 Å². The fourth-order valence-electron chi connectivity index (χ4n) is 1.44. The van der Waals surface area contributed by atoms with Gasteiger partial charge in [-0.2, -0.15) is 0 Å². The van der Waals surface area contributed by atoms with Crippen molar-refractivity contribution < 1.29 is 19.8 Å². The lowest BCUT2D eigenvalue weighted by atomic mass is 10.2. The second-order valence-corrected chi connectivity index (χ2v) is 4.29. The zero-order valence-corrected chi connectivity index (χ0v) is 10.6. The molecule has 8 heteroatoms. The van der Waals surface area contributed by atoms with E-state index in [1.807, 2.05) is 0 Å². The van der Waals surface area contributed by atoms with Gasteiger partial charge in [-0.1, -0.05) is 13.8 Å². The average Bonchev–Trinajstić information content (AvgIpc) is 2.25. The Kier molecular flexibility index (Phi) is 4.62. The number of H-pyrrole nitrogens is 1. The highest BCUT2D eigenvalue weighted by molar-refractivity contribution is 5.78. The van der Waals surface area contributed by atoms with Crippen LogP contribution in [0.5, 0.6) is 0 Å². The number of nitrogens with zero attached hydrogens (tertiary/aromatic N) is 2. The second kappa shape index (κ2) is 5.98. The van der Waals surface area contributed by atoms with E-state index >= 15 is 0 Å². The van der Waals surface area contributed by atoms with Gasteiger partial charge < -0.3 is 20.1 Å². The molecule has 0 aliphatic carbocycles. The number of carboxylic acid groups (broad SMARTS) is 2. The van der Waals surface area contributed by atoms with Crippen molar-refractivity contribution in [3.8, 4) is 0 Å². The first-order valence-corrected chi connectivity index (χ1v) is 5.59. The summed E-state index contributed by atoms with van der Waals surface area (Å²) in [5, 5.41) is 17.5. The molecule has 0 saturated carbocycles. The lowest BCUT2D eigenvalue weighted by Crippen LogP contribution is -2.36. The van der Waals surface area contributed by atoms with Gasteiger partial charge in [-0.3, -0.25) is 14.4 Å². The lowest BCUT2D eigenvalue weighted by molar-refractivity contribution is -0.136. The molecule has 0 aliphatic rings. The first-order valence-electron chi connectivity index (χ1n) is 5.59. The predicted molar refractivity (Wildman–Crippen MR) is 66.4 cm³/mol. The molecular weight excluding hydrogens is 254 g/mol. The summed E-state index contributed by atoms with van der Waals surface area (Å²) in [5.74, 6) is -2.05. The fourth-order valence-corrected chi connectivity index (χ4v) is 1.44. The Morgan fingerprint density at radius 2 is 1.84 bits per heavy atom. The topological polar surface area (TPSA) is 124 Å². The number of carboxylic acids is 2. The van der Waals surface area contributed by atoms with E-state index in [4.69, 9.17) is 10.2 Å². The first-order chi connectivity index (χ1) is 8.79. The van der Waals surface area contributed by atoms with Crippen molar-refractivity contribution in [3.05, 3.63) is 22.2 Å². The van der Waals surface area contributed by atoms with Crippen molar-refractivity contribution >= 4 is 17.8 Å². The molecule has 0 unspecified atom stereocenters. The van der Waals surface area contributed by atoms with Gasteiger partial charge in [0, 0.05) is 12.0 Å². The number of aromatic nitrogens is 2. The zero-order valence-electron chi connectivity index (χ0n) is 10.6. The van der Waals surface area contributed by atoms with E-state index in [0.717, 1.165) is 11.0 Å². The maximum Gasteiger partial charge on any atom is 0.323 e. The average molecular weight is 269 g/mol. The molecular formula is C11H15N3O5. The van der Waals surface area contributed by atoms with E-state index < -0.39 is 30.6 Å². The molecule has 8 nitrogen and oxygen atoms in total. The van der Waals surface area contributed by atoms with E-state index in [2.05, 4.69) is 9.97 Å². The SMILES string of the molecule is CC(C)c1nc(N(CC(=O)O)CC(=O)O)cc(=O)[nH]1. The summed E-state index contributed by atoms with van der Waals surface area (Å²) in [4.78, 5) is 40.5. The molecule has 1 rings (SSSR count). The van der Waals surface area contributed by atoms with Crippen LogP contribution < -0.4 is 10.5 Å². The number of hydrogen-bond acceptors (Lipinski definition) is 5. The summed E-state index contributed by atoms with van der Waals surface area (Å²) in [7, 11) is 0. The highest BCUT2D eigenvalue weighted by Gasteiger charge is 2.17. The molecule has 0 saturated heterocycles. The summed E-state index contributed by atoms with van der Waals surface area (Å²) >= 11 is 0. The summed E-state index contributed by atoms with van der Waals surface area (Å²) in [5.41, 5.74) is -0.450. The first kappa shape index (κ1) is 14.7. The van der Waals surface area contributed by atoms with Gasteiger partial charge in [0.25, 0.3) is 5.56 Å². The number of anilines is 1. The number of aromatic amines is 1. The maximum absolute atomic E-state index is 11.5. The summed E-state index contributed by atoms with van der Waals surface area (Å²) in [6.07, 6.45) is 0. The van der Waals surface area contributed by atoms with Crippen LogP contribution in [-0.4, -0.2) is 45.2 Å². The molecule has 0 atom stereocenters. The van der Waals surface area contributed by atoms with Crippen LogP contribution in [0.15, 0.2) is 10.9 Å². The largest absolute Gasteiger partial charge is 0.480 e. The van der Waals surface area contributed by atoms with Crippen LogP contribution in [0, 0.1) is 0 Å². The monoisotopic (exact) mass is 269 g/mol. The summed E-state index contributed by atoms with van der Waals surface area (Å²) < 4.78 is 0. The van der Waals surface area contributed by atoms with E-state index in [9.17, 15) is 14.4 Å². The lowest BCUT2D eigenvalue weighted by Gasteiger charge is -2.20. The molecule has 0 fully saturated rings. The van der Waals surface area contributed by atoms with E-state index in [0.29, 0.717) is 5.82 Å². The molecule has 1 aromatic rings. The van der Waals surface area contributed by atoms with Crippen molar-refractivity contribution in [1.82, 2.24) is 9.97 Å². The molecule has 19 heavy (non-hydrogen) atoms. The summed E-state index contributed by atoms with van der Waals surface area (Å²) in [6.45, 7) is 2.53. The zero-order chi connectivity index (χ0) is 14.6. The van der Waals surface area contributed by atoms with E-state index in [-0.39, 0.29) is 11.7 Å². The van der Waals surface area contributed by atoms with Gasteiger partial charge in [-0.05, 0) is 0 Å². The number of aliphatic carboxylic acids is 2. The molecule has 1 aromatic heterocycles. The predicted octanol–water partition coefficient (Wildman–Crippen LogP) is -0.131. The standard InChI is InChI=1S/C11H15N3O5/c1-6(2)11-12-7(3-8(15)13-11)14(4-9(16)17)5-10(18)19/h3,6H,4-5H2,1-2H3,(H,16,17)(H,18,19)(H,12,13,15). The number of rotatable bonds is 6. The van der Waals surface area contributed by atoms with Gasteiger partial charge in [-0.15, -0.1) is 0 Å². The Bertz CT molecular complexity index is 521. The maximum atomic E-state index is 11.5. The van der Waals surface area contributed by atoms with E-state index in [1.165, 1.54) is 0 Å². The Balaban J connectivity index is 3.17. The van der Waals surface area contributed by atoms with Crippen LogP contribution in [0.2, 0.25) is 0 Å².